The molecule has 9 nitrogen and oxygen atoms in total. The van der Waals surface area contributed by atoms with E-state index in [1.54, 1.807) is 18.4 Å². The van der Waals surface area contributed by atoms with Gasteiger partial charge in [-0.15, -0.1) is 11.3 Å². The first kappa shape index (κ1) is 26.0. The molecule has 0 aliphatic carbocycles. The van der Waals surface area contributed by atoms with E-state index in [1.807, 2.05) is 22.2 Å². The van der Waals surface area contributed by atoms with E-state index >= 15 is 0 Å². The molecule has 0 radical (unpaired) electrons. The summed E-state index contributed by atoms with van der Waals surface area (Å²) in [6.45, 7) is 5.44. The molecule has 2 saturated heterocycles. The van der Waals surface area contributed by atoms with E-state index in [-0.39, 0.29) is 24.5 Å². The molecule has 0 atom stereocenters. The molecule has 0 bridgehead atoms. The van der Waals surface area contributed by atoms with Gasteiger partial charge >= 0.3 is 0 Å². The average Bonchev–Trinajstić information content (AvgIpc) is 3.33. The number of aromatic nitrogens is 1. The zero-order valence-electron chi connectivity index (χ0n) is 20.2. The first-order chi connectivity index (χ1) is 16.0. The predicted octanol–water partition coefficient (Wildman–Crippen LogP) is 1.69. The number of carbonyl (C=O) groups is 2. The maximum absolute atomic E-state index is 12.9. The van der Waals surface area contributed by atoms with Crippen LogP contribution < -0.4 is 0 Å². The van der Waals surface area contributed by atoms with E-state index in [0.29, 0.717) is 51.1 Å². The Morgan fingerprint density at radius 3 is 2.42 bits per heavy atom. The number of nitrogens with zero attached hydrogens (tertiary/aromatic N) is 4. The van der Waals surface area contributed by atoms with Crippen LogP contribution in [0, 0.1) is 0 Å². The summed E-state index contributed by atoms with van der Waals surface area (Å²) in [5, 5.41) is 2.90. The molecule has 3 rings (SSSR count). The van der Waals surface area contributed by atoms with Gasteiger partial charge in [0.15, 0.2) is 0 Å². The molecule has 2 aliphatic rings. The van der Waals surface area contributed by atoms with Crippen LogP contribution in [0.4, 0.5) is 0 Å². The molecular formula is C23H38N4O5S. The van der Waals surface area contributed by atoms with Crippen LogP contribution in [-0.2, 0) is 19.0 Å². The Labute approximate surface area is 201 Å². The van der Waals surface area contributed by atoms with Crippen molar-refractivity contribution in [1.82, 2.24) is 19.7 Å². The predicted molar refractivity (Wildman–Crippen MR) is 127 cm³/mol. The largest absolute Gasteiger partial charge is 0.382 e. The molecule has 1 aromatic rings. The third-order valence-corrected chi connectivity index (χ3v) is 7.53. The number of hydrogen-bond donors (Lipinski definition) is 0. The van der Waals surface area contributed by atoms with E-state index < -0.39 is 0 Å². The quantitative estimate of drug-likeness (QED) is 0.444. The number of ether oxygens (including phenoxy) is 3. The second-order valence-electron chi connectivity index (χ2n) is 8.83. The number of likely N-dealkylation sites (tertiary alicyclic amines) is 2. The maximum atomic E-state index is 12.9. The monoisotopic (exact) mass is 482 g/mol. The van der Waals surface area contributed by atoms with Crippen molar-refractivity contribution in [2.24, 2.45) is 0 Å². The standard InChI is InChI=1S/C23H38N4O5S/c1-25-8-6-19(7-9-25)26(2)23(29)20-17-33-22(24-20)18-4-10-27(11-5-18)21(28)16-32-15-14-31-13-12-30-3/h17-19H,4-16H2,1-3H3. The van der Waals surface area contributed by atoms with Gasteiger partial charge in [0, 0.05) is 44.6 Å². The molecule has 186 valence electrons. The maximum Gasteiger partial charge on any atom is 0.273 e. The zero-order chi connectivity index (χ0) is 23.6. The second kappa shape index (κ2) is 13.3. The summed E-state index contributed by atoms with van der Waals surface area (Å²) in [4.78, 5) is 36.0. The Bertz CT molecular complexity index is 745. The Balaban J connectivity index is 1.38. The van der Waals surface area contributed by atoms with Gasteiger partial charge in [0.2, 0.25) is 5.91 Å². The lowest BCUT2D eigenvalue weighted by atomic mass is 9.97. The van der Waals surface area contributed by atoms with Crippen molar-refractivity contribution in [1.29, 1.82) is 0 Å². The number of piperidine rings is 2. The van der Waals surface area contributed by atoms with Crippen LogP contribution in [0.1, 0.15) is 47.1 Å². The van der Waals surface area contributed by atoms with Crippen LogP contribution in [0.25, 0.3) is 0 Å². The molecule has 33 heavy (non-hydrogen) atoms. The smallest absolute Gasteiger partial charge is 0.273 e. The summed E-state index contributed by atoms with van der Waals surface area (Å²) in [7, 11) is 5.65. The van der Waals surface area contributed by atoms with Gasteiger partial charge < -0.3 is 28.9 Å². The molecule has 2 amide bonds. The van der Waals surface area contributed by atoms with Crippen LogP contribution in [0.2, 0.25) is 0 Å². The Hall–Kier alpha value is -1.59. The van der Waals surface area contributed by atoms with Gasteiger partial charge in [-0.3, -0.25) is 9.59 Å². The fourth-order valence-corrected chi connectivity index (χ4v) is 5.26. The Kier molecular flexibility index (Phi) is 10.5. The molecule has 2 fully saturated rings. The Morgan fingerprint density at radius 2 is 1.73 bits per heavy atom. The number of thiazole rings is 1. The highest BCUT2D eigenvalue weighted by atomic mass is 32.1. The highest BCUT2D eigenvalue weighted by molar-refractivity contribution is 7.09. The lowest BCUT2D eigenvalue weighted by Crippen LogP contribution is -2.44. The summed E-state index contributed by atoms with van der Waals surface area (Å²) < 4.78 is 15.7. The van der Waals surface area contributed by atoms with E-state index in [4.69, 9.17) is 19.2 Å². The van der Waals surface area contributed by atoms with E-state index in [1.165, 1.54) is 0 Å². The lowest BCUT2D eigenvalue weighted by Gasteiger charge is -2.34. The third-order valence-electron chi connectivity index (χ3n) is 6.52. The lowest BCUT2D eigenvalue weighted by molar-refractivity contribution is -0.137. The van der Waals surface area contributed by atoms with Gasteiger partial charge in [0.25, 0.3) is 5.91 Å². The minimum atomic E-state index is 0.0140. The zero-order valence-corrected chi connectivity index (χ0v) is 21.0. The minimum Gasteiger partial charge on any atom is -0.382 e. The van der Waals surface area contributed by atoms with Crippen molar-refractivity contribution < 1.29 is 23.8 Å². The van der Waals surface area contributed by atoms with Gasteiger partial charge in [0.05, 0.1) is 31.4 Å². The number of methoxy groups -OCH3 is 1. The summed E-state index contributed by atoms with van der Waals surface area (Å²) in [5.74, 6) is 0.326. The number of carbonyl (C=O) groups excluding carboxylic acids is 2. The fourth-order valence-electron chi connectivity index (χ4n) is 4.29. The second-order valence-corrected chi connectivity index (χ2v) is 9.72. The van der Waals surface area contributed by atoms with Crippen molar-refractivity contribution in [3.05, 3.63) is 16.1 Å². The van der Waals surface area contributed by atoms with Crippen molar-refractivity contribution in [2.75, 3.05) is 80.4 Å². The third kappa shape index (κ3) is 7.71. The van der Waals surface area contributed by atoms with Gasteiger partial charge in [-0.25, -0.2) is 4.98 Å². The molecule has 10 heteroatoms. The van der Waals surface area contributed by atoms with Gasteiger partial charge in [-0.05, 0) is 45.8 Å². The highest BCUT2D eigenvalue weighted by Gasteiger charge is 2.29. The van der Waals surface area contributed by atoms with Gasteiger partial charge in [0.1, 0.15) is 12.3 Å². The molecule has 0 aromatic carbocycles. The molecule has 1 aromatic heterocycles. The first-order valence-corrected chi connectivity index (χ1v) is 12.7. The van der Waals surface area contributed by atoms with Crippen molar-refractivity contribution in [3.63, 3.8) is 0 Å². The molecular weight excluding hydrogens is 444 g/mol. The first-order valence-electron chi connectivity index (χ1n) is 11.8. The fraction of sp³-hybridized carbons (Fsp3) is 0.783. The summed E-state index contributed by atoms with van der Waals surface area (Å²) in [6.07, 6.45) is 3.73. The van der Waals surface area contributed by atoms with Crippen LogP contribution in [0.15, 0.2) is 5.38 Å². The minimum absolute atomic E-state index is 0.0140. The summed E-state index contributed by atoms with van der Waals surface area (Å²) >= 11 is 1.57. The van der Waals surface area contributed by atoms with Crippen molar-refractivity contribution >= 4 is 23.2 Å². The molecule has 0 spiro atoms. The molecule has 0 unspecified atom stereocenters. The van der Waals surface area contributed by atoms with E-state index in [0.717, 1.165) is 43.8 Å². The number of rotatable bonds is 11. The van der Waals surface area contributed by atoms with Crippen LogP contribution >= 0.6 is 11.3 Å². The number of hydrogen-bond acceptors (Lipinski definition) is 8. The van der Waals surface area contributed by atoms with Gasteiger partial charge in [-0.1, -0.05) is 0 Å². The van der Waals surface area contributed by atoms with E-state index in [2.05, 4.69) is 11.9 Å². The van der Waals surface area contributed by atoms with Crippen molar-refractivity contribution in [2.45, 2.75) is 37.6 Å². The Morgan fingerprint density at radius 1 is 1.06 bits per heavy atom. The van der Waals surface area contributed by atoms with Crippen LogP contribution in [0.5, 0.6) is 0 Å². The molecule has 0 N–H and O–H groups in total. The van der Waals surface area contributed by atoms with E-state index in [9.17, 15) is 9.59 Å². The van der Waals surface area contributed by atoms with Crippen LogP contribution in [-0.4, -0.2) is 118 Å². The van der Waals surface area contributed by atoms with Crippen LogP contribution in [0.3, 0.4) is 0 Å². The SMILES string of the molecule is COCCOCCOCC(=O)N1CCC(c2nc(C(=O)N(C)C3CCN(C)CC3)cs2)CC1. The summed E-state index contributed by atoms with van der Waals surface area (Å²) in [6, 6.07) is 0.284. The average molecular weight is 483 g/mol. The highest BCUT2D eigenvalue weighted by Crippen LogP contribution is 2.31. The molecule has 3 heterocycles. The topological polar surface area (TPSA) is 84.4 Å². The molecule has 0 saturated carbocycles. The van der Waals surface area contributed by atoms with Crippen molar-refractivity contribution in [3.8, 4) is 0 Å². The normalized spacial score (nSPS) is 18.6. The number of amides is 2. The summed E-state index contributed by atoms with van der Waals surface area (Å²) in [5.41, 5.74) is 0.552. The molecule has 2 aliphatic heterocycles. The van der Waals surface area contributed by atoms with Gasteiger partial charge in [-0.2, -0.15) is 0 Å².